The third-order valence-electron chi connectivity index (χ3n) is 3.98. The molecular weight excluding hydrogens is 298 g/mol. The summed E-state index contributed by atoms with van der Waals surface area (Å²) in [4.78, 5) is 19.1. The van der Waals surface area contributed by atoms with E-state index in [1.54, 1.807) is 17.5 Å². The average molecular weight is 319 g/mol. The van der Waals surface area contributed by atoms with Crippen LogP contribution in [0.3, 0.4) is 0 Å². The van der Waals surface area contributed by atoms with E-state index >= 15 is 0 Å². The fourth-order valence-electron chi connectivity index (χ4n) is 3.11. The van der Waals surface area contributed by atoms with Crippen molar-refractivity contribution in [3.8, 4) is 5.13 Å². The fraction of sp³-hybridized carbons (Fsp3) is 0.500. The van der Waals surface area contributed by atoms with Crippen LogP contribution >= 0.6 is 11.3 Å². The molecule has 0 N–H and O–H groups in total. The number of amides is 1. The Labute approximate surface area is 134 Å². The molecule has 0 aromatic carbocycles. The maximum Gasteiger partial charge on any atom is 0.255 e. The summed E-state index contributed by atoms with van der Waals surface area (Å²) < 4.78 is 7.76. The molecule has 2 aromatic heterocycles. The van der Waals surface area contributed by atoms with Crippen LogP contribution < -0.4 is 0 Å². The van der Waals surface area contributed by atoms with Crippen molar-refractivity contribution >= 4 is 17.2 Å². The number of carbonyl (C=O) groups is 1. The molecule has 3 heterocycles. The Bertz CT molecular complexity index is 668. The second-order valence-corrected chi connectivity index (χ2v) is 6.78. The van der Waals surface area contributed by atoms with Gasteiger partial charge in [-0.3, -0.25) is 9.36 Å². The predicted octanol–water partition coefficient (Wildman–Crippen LogP) is 2.80. The number of carbonyl (C=O) groups excluding carboxylic acids is 1. The van der Waals surface area contributed by atoms with Gasteiger partial charge in [0.15, 0.2) is 5.13 Å². The summed E-state index contributed by atoms with van der Waals surface area (Å²) in [6, 6.07) is 1.96. The third kappa shape index (κ3) is 2.68. The van der Waals surface area contributed by atoms with E-state index in [9.17, 15) is 4.79 Å². The zero-order valence-electron chi connectivity index (χ0n) is 13.4. The molecule has 1 saturated heterocycles. The Hall–Kier alpha value is -1.66. The summed E-state index contributed by atoms with van der Waals surface area (Å²) in [6.45, 7) is 9.29. The molecular formula is C16H21N3O2S. The zero-order chi connectivity index (χ0) is 15.9. The summed E-state index contributed by atoms with van der Waals surface area (Å²) in [5.74, 6) is 0.0814. The number of morpholine rings is 1. The first-order valence-corrected chi connectivity index (χ1v) is 8.39. The van der Waals surface area contributed by atoms with Crippen molar-refractivity contribution < 1.29 is 9.53 Å². The molecule has 0 radical (unpaired) electrons. The number of rotatable bonds is 2. The number of hydrogen-bond acceptors (Lipinski definition) is 4. The summed E-state index contributed by atoms with van der Waals surface area (Å²) in [6.07, 6.45) is 1.94. The lowest BCUT2D eigenvalue weighted by atomic mass is 10.1. The SMILES string of the molecule is Cc1cc(C(=O)N2CC(C)OC(C)C2)c(C)n1-c1nccs1. The molecule has 6 heteroatoms. The van der Waals surface area contributed by atoms with Gasteiger partial charge in [0.25, 0.3) is 5.91 Å². The highest BCUT2D eigenvalue weighted by Gasteiger charge is 2.29. The minimum Gasteiger partial charge on any atom is -0.372 e. The first-order chi connectivity index (χ1) is 10.5. The van der Waals surface area contributed by atoms with Crippen LogP contribution in [0.15, 0.2) is 17.6 Å². The van der Waals surface area contributed by atoms with Gasteiger partial charge in [0.2, 0.25) is 0 Å². The highest BCUT2D eigenvalue weighted by Crippen LogP contribution is 2.24. The van der Waals surface area contributed by atoms with E-state index in [-0.39, 0.29) is 18.1 Å². The van der Waals surface area contributed by atoms with E-state index in [1.165, 1.54) is 0 Å². The Morgan fingerprint density at radius 3 is 2.59 bits per heavy atom. The monoisotopic (exact) mass is 319 g/mol. The van der Waals surface area contributed by atoms with Crippen LogP contribution in [0.4, 0.5) is 0 Å². The molecule has 1 aliphatic rings. The van der Waals surface area contributed by atoms with Crippen molar-refractivity contribution in [3.63, 3.8) is 0 Å². The molecule has 1 amide bonds. The third-order valence-corrected chi connectivity index (χ3v) is 4.74. The lowest BCUT2D eigenvalue weighted by Crippen LogP contribution is -2.48. The van der Waals surface area contributed by atoms with Crippen molar-refractivity contribution in [2.45, 2.75) is 39.9 Å². The van der Waals surface area contributed by atoms with Crippen LogP contribution in [0.2, 0.25) is 0 Å². The Balaban J connectivity index is 1.92. The van der Waals surface area contributed by atoms with E-state index in [1.807, 2.05) is 48.6 Å². The molecule has 2 aromatic rings. The lowest BCUT2D eigenvalue weighted by molar-refractivity contribution is -0.0586. The fourth-order valence-corrected chi connectivity index (χ4v) is 3.87. The number of aryl methyl sites for hydroxylation is 1. The van der Waals surface area contributed by atoms with Gasteiger partial charge in [0.1, 0.15) is 0 Å². The van der Waals surface area contributed by atoms with E-state index < -0.39 is 0 Å². The Kier molecular flexibility index (Phi) is 4.06. The van der Waals surface area contributed by atoms with Crippen molar-refractivity contribution in [1.29, 1.82) is 0 Å². The van der Waals surface area contributed by atoms with Gasteiger partial charge in [-0.2, -0.15) is 0 Å². The Morgan fingerprint density at radius 1 is 1.32 bits per heavy atom. The van der Waals surface area contributed by atoms with E-state index in [0.29, 0.717) is 13.1 Å². The van der Waals surface area contributed by atoms with Crippen LogP contribution in [0.25, 0.3) is 5.13 Å². The number of ether oxygens (including phenoxy) is 1. The van der Waals surface area contributed by atoms with Gasteiger partial charge in [0.05, 0.1) is 17.8 Å². The predicted molar refractivity (Wildman–Crippen MR) is 86.8 cm³/mol. The summed E-state index contributed by atoms with van der Waals surface area (Å²) in [7, 11) is 0. The standard InChI is InChI=1S/C16H21N3O2S/c1-10-7-14(13(4)19(10)16-17-5-6-22-16)15(20)18-8-11(2)21-12(3)9-18/h5-7,11-12H,8-9H2,1-4H3. The second-order valence-electron chi connectivity index (χ2n) is 5.90. The lowest BCUT2D eigenvalue weighted by Gasteiger charge is -2.35. The van der Waals surface area contributed by atoms with Gasteiger partial charge in [0, 0.05) is 36.1 Å². The zero-order valence-corrected chi connectivity index (χ0v) is 14.2. The summed E-state index contributed by atoms with van der Waals surface area (Å²) in [5.41, 5.74) is 2.74. The Morgan fingerprint density at radius 2 is 2.00 bits per heavy atom. The summed E-state index contributed by atoms with van der Waals surface area (Å²) >= 11 is 1.57. The van der Waals surface area contributed by atoms with E-state index in [2.05, 4.69) is 4.98 Å². The van der Waals surface area contributed by atoms with Crippen LogP contribution in [0.1, 0.15) is 35.6 Å². The number of nitrogens with zero attached hydrogens (tertiary/aromatic N) is 3. The highest BCUT2D eigenvalue weighted by atomic mass is 32.1. The van der Waals surface area contributed by atoms with Crippen molar-refractivity contribution in [1.82, 2.24) is 14.5 Å². The van der Waals surface area contributed by atoms with E-state index in [0.717, 1.165) is 22.1 Å². The summed E-state index contributed by atoms with van der Waals surface area (Å²) in [5, 5.41) is 2.85. The van der Waals surface area contributed by atoms with Gasteiger partial charge in [-0.1, -0.05) is 0 Å². The molecule has 0 spiro atoms. The van der Waals surface area contributed by atoms with Crippen LogP contribution in [0, 0.1) is 13.8 Å². The molecule has 0 aliphatic carbocycles. The van der Waals surface area contributed by atoms with Gasteiger partial charge in [-0.05, 0) is 33.8 Å². The highest BCUT2D eigenvalue weighted by molar-refractivity contribution is 7.12. The molecule has 1 fully saturated rings. The topological polar surface area (TPSA) is 47.4 Å². The van der Waals surface area contributed by atoms with Gasteiger partial charge < -0.3 is 9.64 Å². The molecule has 2 unspecified atom stereocenters. The molecule has 0 bridgehead atoms. The second kappa shape index (κ2) is 5.85. The quantitative estimate of drug-likeness (QED) is 0.855. The van der Waals surface area contributed by atoms with Crippen LogP contribution in [0.5, 0.6) is 0 Å². The van der Waals surface area contributed by atoms with E-state index in [4.69, 9.17) is 4.74 Å². The maximum absolute atomic E-state index is 12.9. The van der Waals surface area contributed by atoms with Crippen molar-refractivity contribution in [2.24, 2.45) is 0 Å². The van der Waals surface area contributed by atoms with Crippen LogP contribution in [-0.4, -0.2) is 45.7 Å². The molecule has 2 atom stereocenters. The number of hydrogen-bond donors (Lipinski definition) is 0. The molecule has 3 rings (SSSR count). The van der Waals surface area contributed by atoms with Crippen molar-refractivity contribution in [2.75, 3.05) is 13.1 Å². The van der Waals surface area contributed by atoms with Gasteiger partial charge >= 0.3 is 0 Å². The molecule has 22 heavy (non-hydrogen) atoms. The number of thiazole rings is 1. The minimum absolute atomic E-state index is 0.0788. The average Bonchev–Trinajstić information content (AvgIpc) is 3.05. The van der Waals surface area contributed by atoms with Crippen LogP contribution in [-0.2, 0) is 4.74 Å². The molecule has 1 aliphatic heterocycles. The maximum atomic E-state index is 12.9. The largest absolute Gasteiger partial charge is 0.372 e. The molecule has 118 valence electrons. The first-order valence-electron chi connectivity index (χ1n) is 7.51. The van der Waals surface area contributed by atoms with Crippen molar-refractivity contribution in [3.05, 3.63) is 34.6 Å². The molecule has 5 nitrogen and oxygen atoms in total. The van der Waals surface area contributed by atoms with Gasteiger partial charge in [-0.25, -0.2) is 4.98 Å². The normalized spacial score (nSPS) is 22.1. The molecule has 0 saturated carbocycles. The number of aromatic nitrogens is 2. The first kappa shape index (κ1) is 15.2. The minimum atomic E-state index is 0.0788. The smallest absolute Gasteiger partial charge is 0.255 e. The van der Waals surface area contributed by atoms with Gasteiger partial charge in [-0.15, -0.1) is 11.3 Å².